The molecule has 1 atom stereocenters. The van der Waals surface area contributed by atoms with Crippen LogP contribution in [0.1, 0.15) is 20.8 Å². The zero-order valence-corrected chi connectivity index (χ0v) is 11.5. The van der Waals surface area contributed by atoms with E-state index in [0.717, 1.165) is 5.69 Å². The molecule has 0 amide bonds. The molecule has 0 saturated carbocycles. The summed E-state index contributed by atoms with van der Waals surface area (Å²) >= 11 is 0. The van der Waals surface area contributed by atoms with Crippen LogP contribution in [0.5, 0.6) is 11.5 Å². The number of nitrogens with zero attached hydrogens (tertiary/aromatic N) is 1. The van der Waals surface area contributed by atoms with E-state index in [2.05, 4.69) is 10.5 Å². The smallest absolute Gasteiger partial charge is 0.163 e. The van der Waals surface area contributed by atoms with Crippen molar-refractivity contribution >= 4 is 11.5 Å². The van der Waals surface area contributed by atoms with Crippen LogP contribution in [0, 0.1) is 0 Å². The molecule has 1 aromatic rings. The molecule has 1 unspecified atom stereocenters. The van der Waals surface area contributed by atoms with Crippen molar-refractivity contribution in [1.29, 1.82) is 0 Å². The number of ether oxygens (including phenoxy) is 2. The molecule has 0 fully saturated rings. The number of amidine groups is 1. The van der Waals surface area contributed by atoms with Gasteiger partial charge in [-0.3, -0.25) is 0 Å². The van der Waals surface area contributed by atoms with Crippen molar-refractivity contribution in [3.8, 4) is 11.5 Å². The monoisotopic (exact) mass is 267 g/mol. The molecule has 0 aliphatic rings. The number of anilines is 1. The van der Waals surface area contributed by atoms with Gasteiger partial charge in [-0.1, -0.05) is 5.16 Å². The predicted molar refractivity (Wildman–Crippen MR) is 75.3 cm³/mol. The summed E-state index contributed by atoms with van der Waals surface area (Å²) in [7, 11) is 0. The van der Waals surface area contributed by atoms with Gasteiger partial charge in [0.05, 0.1) is 19.3 Å². The van der Waals surface area contributed by atoms with Crippen LogP contribution in [-0.2, 0) is 0 Å². The normalized spacial score (nSPS) is 12.9. The molecule has 0 spiro atoms. The van der Waals surface area contributed by atoms with Crippen molar-refractivity contribution < 1.29 is 14.7 Å². The summed E-state index contributed by atoms with van der Waals surface area (Å²) < 4.78 is 11.0. The molecule has 0 bridgehead atoms. The third-order valence-electron chi connectivity index (χ3n) is 2.49. The molecular formula is C13H21N3O3. The lowest BCUT2D eigenvalue weighted by Crippen LogP contribution is -2.32. The summed E-state index contributed by atoms with van der Waals surface area (Å²) in [6.45, 7) is 6.76. The van der Waals surface area contributed by atoms with Gasteiger partial charge in [0.2, 0.25) is 0 Å². The van der Waals surface area contributed by atoms with E-state index in [9.17, 15) is 0 Å². The highest BCUT2D eigenvalue weighted by atomic mass is 16.5. The summed E-state index contributed by atoms with van der Waals surface area (Å²) in [5.41, 5.74) is 6.33. The van der Waals surface area contributed by atoms with Gasteiger partial charge in [0, 0.05) is 11.8 Å². The van der Waals surface area contributed by atoms with E-state index in [0.29, 0.717) is 24.7 Å². The Labute approximate surface area is 113 Å². The predicted octanol–water partition coefficient (Wildman–Crippen LogP) is 2.03. The third-order valence-corrected chi connectivity index (χ3v) is 2.49. The van der Waals surface area contributed by atoms with Crippen LogP contribution < -0.4 is 20.5 Å². The maximum atomic E-state index is 8.61. The lowest BCUT2D eigenvalue weighted by Gasteiger charge is -2.16. The van der Waals surface area contributed by atoms with E-state index in [4.69, 9.17) is 20.4 Å². The minimum absolute atomic E-state index is 0.117. The fourth-order valence-corrected chi connectivity index (χ4v) is 1.55. The Morgan fingerprint density at radius 1 is 1.32 bits per heavy atom. The Bertz CT molecular complexity index is 435. The van der Waals surface area contributed by atoms with E-state index in [-0.39, 0.29) is 11.9 Å². The Hall–Kier alpha value is -2.11. The average Bonchev–Trinajstić information content (AvgIpc) is 2.41. The Balaban J connectivity index is 2.88. The highest BCUT2D eigenvalue weighted by Crippen LogP contribution is 2.30. The van der Waals surface area contributed by atoms with E-state index in [1.807, 2.05) is 32.0 Å². The summed E-state index contributed by atoms with van der Waals surface area (Å²) in [6.07, 6.45) is 0. The largest absolute Gasteiger partial charge is 0.490 e. The van der Waals surface area contributed by atoms with Gasteiger partial charge in [0.15, 0.2) is 17.3 Å². The maximum Gasteiger partial charge on any atom is 0.163 e. The molecule has 106 valence electrons. The first-order valence-corrected chi connectivity index (χ1v) is 6.25. The zero-order valence-electron chi connectivity index (χ0n) is 11.5. The second-order valence-corrected chi connectivity index (χ2v) is 3.92. The second-order valence-electron chi connectivity index (χ2n) is 3.92. The molecule has 6 nitrogen and oxygen atoms in total. The fraction of sp³-hybridized carbons (Fsp3) is 0.462. The third kappa shape index (κ3) is 4.24. The number of hydrogen-bond acceptors (Lipinski definition) is 5. The van der Waals surface area contributed by atoms with Crippen molar-refractivity contribution in [1.82, 2.24) is 0 Å². The molecule has 0 saturated heterocycles. The zero-order chi connectivity index (χ0) is 14.3. The van der Waals surface area contributed by atoms with Gasteiger partial charge < -0.3 is 25.7 Å². The van der Waals surface area contributed by atoms with Gasteiger partial charge in [-0.15, -0.1) is 0 Å². The van der Waals surface area contributed by atoms with E-state index < -0.39 is 0 Å². The lowest BCUT2D eigenvalue weighted by molar-refractivity contribution is 0.288. The Morgan fingerprint density at radius 3 is 2.53 bits per heavy atom. The van der Waals surface area contributed by atoms with Crippen LogP contribution in [0.15, 0.2) is 23.4 Å². The topological polar surface area (TPSA) is 89.1 Å². The van der Waals surface area contributed by atoms with Crippen LogP contribution in [0.25, 0.3) is 0 Å². The number of oxime groups is 1. The summed E-state index contributed by atoms with van der Waals surface area (Å²) in [5, 5.41) is 14.7. The molecule has 6 heteroatoms. The molecule has 1 aromatic carbocycles. The molecule has 0 aliphatic heterocycles. The number of rotatable bonds is 7. The standard InChI is InChI=1S/C13H21N3O3/c1-4-18-11-7-6-10(8-12(11)19-5-2)15-9(3)13(14)16-17/h6-9,15,17H,4-5H2,1-3H3,(H2,14,16). The van der Waals surface area contributed by atoms with Crippen molar-refractivity contribution in [2.24, 2.45) is 10.9 Å². The minimum Gasteiger partial charge on any atom is -0.490 e. The molecule has 0 aromatic heterocycles. The molecule has 0 heterocycles. The molecule has 19 heavy (non-hydrogen) atoms. The number of hydrogen-bond donors (Lipinski definition) is 3. The SMILES string of the molecule is CCOc1ccc(NC(C)C(N)=NO)cc1OCC. The molecule has 0 radical (unpaired) electrons. The van der Waals surface area contributed by atoms with Crippen molar-refractivity contribution in [3.05, 3.63) is 18.2 Å². The second kappa shape index (κ2) is 7.35. The van der Waals surface area contributed by atoms with Crippen molar-refractivity contribution in [2.75, 3.05) is 18.5 Å². The van der Waals surface area contributed by atoms with E-state index in [1.54, 1.807) is 6.92 Å². The van der Waals surface area contributed by atoms with Crippen LogP contribution in [-0.4, -0.2) is 30.3 Å². The van der Waals surface area contributed by atoms with Crippen LogP contribution >= 0.6 is 0 Å². The molecule has 4 N–H and O–H groups in total. The van der Waals surface area contributed by atoms with E-state index >= 15 is 0 Å². The number of nitrogens with two attached hydrogens (primary N) is 1. The van der Waals surface area contributed by atoms with Gasteiger partial charge in [-0.25, -0.2) is 0 Å². The van der Waals surface area contributed by atoms with Crippen molar-refractivity contribution in [2.45, 2.75) is 26.8 Å². The van der Waals surface area contributed by atoms with Crippen molar-refractivity contribution in [3.63, 3.8) is 0 Å². The lowest BCUT2D eigenvalue weighted by atomic mass is 10.2. The maximum absolute atomic E-state index is 8.61. The highest BCUT2D eigenvalue weighted by molar-refractivity contribution is 5.87. The Kier molecular flexibility index (Phi) is 5.78. The fourth-order valence-electron chi connectivity index (χ4n) is 1.55. The van der Waals surface area contributed by atoms with Gasteiger partial charge in [0.25, 0.3) is 0 Å². The highest BCUT2D eigenvalue weighted by Gasteiger charge is 2.10. The molecule has 0 aliphatic carbocycles. The average molecular weight is 267 g/mol. The van der Waals surface area contributed by atoms with Gasteiger partial charge in [-0.05, 0) is 32.9 Å². The first-order valence-electron chi connectivity index (χ1n) is 6.25. The summed E-state index contributed by atoms with van der Waals surface area (Å²) in [4.78, 5) is 0. The first kappa shape index (κ1) is 14.9. The quantitative estimate of drug-likeness (QED) is 0.304. The molecule has 1 rings (SSSR count). The first-order chi connectivity index (χ1) is 9.12. The summed E-state index contributed by atoms with van der Waals surface area (Å²) in [5.74, 6) is 1.49. The van der Waals surface area contributed by atoms with Crippen LogP contribution in [0.4, 0.5) is 5.69 Å². The van der Waals surface area contributed by atoms with Crippen LogP contribution in [0.2, 0.25) is 0 Å². The number of nitrogens with one attached hydrogen (secondary N) is 1. The van der Waals surface area contributed by atoms with Gasteiger partial charge in [0.1, 0.15) is 0 Å². The van der Waals surface area contributed by atoms with Gasteiger partial charge >= 0.3 is 0 Å². The Morgan fingerprint density at radius 2 is 1.95 bits per heavy atom. The number of benzene rings is 1. The van der Waals surface area contributed by atoms with Crippen LogP contribution in [0.3, 0.4) is 0 Å². The van der Waals surface area contributed by atoms with Gasteiger partial charge in [-0.2, -0.15) is 0 Å². The minimum atomic E-state index is -0.280. The molecular weight excluding hydrogens is 246 g/mol. The summed E-state index contributed by atoms with van der Waals surface area (Å²) in [6, 6.07) is 5.23. The van der Waals surface area contributed by atoms with E-state index in [1.165, 1.54) is 0 Å².